The molecule has 2 nitrogen and oxygen atoms in total. The zero-order chi connectivity index (χ0) is 10.7. The molecule has 3 heteroatoms. The molecule has 0 heterocycles. The molecule has 0 bridgehead atoms. The van der Waals surface area contributed by atoms with Gasteiger partial charge in [-0.3, -0.25) is 0 Å². The SMILES string of the molecule is CCc1c(F)cccc1C(N)C(C)O. The summed E-state index contributed by atoms with van der Waals surface area (Å²) in [6.07, 6.45) is -0.0790. The number of nitrogens with two attached hydrogens (primary N) is 1. The third-order valence-electron chi connectivity index (χ3n) is 2.39. The summed E-state index contributed by atoms with van der Waals surface area (Å²) in [6.45, 7) is 3.48. The van der Waals surface area contributed by atoms with Gasteiger partial charge in [-0.15, -0.1) is 0 Å². The van der Waals surface area contributed by atoms with Crippen LogP contribution in [-0.4, -0.2) is 11.2 Å². The Morgan fingerprint density at radius 2 is 2.14 bits per heavy atom. The lowest BCUT2D eigenvalue weighted by molar-refractivity contribution is 0.163. The Bertz CT molecular complexity index is 312. The van der Waals surface area contributed by atoms with Crippen molar-refractivity contribution in [3.8, 4) is 0 Å². The molecular weight excluding hydrogens is 181 g/mol. The fraction of sp³-hybridized carbons (Fsp3) is 0.455. The smallest absolute Gasteiger partial charge is 0.126 e. The van der Waals surface area contributed by atoms with Gasteiger partial charge >= 0.3 is 0 Å². The first-order valence-electron chi connectivity index (χ1n) is 4.78. The largest absolute Gasteiger partial charge is 0.391 e. The van der Waals surface area contributed by atoms with Crippen molar-refractivity contribution in [3.63, 3.8) is 0 Å². The van der Waals surface area contributed by atoms with Crippen LogP contribution in [0.2, 0.25) is 0 Å². The van der Waals surface area contributed by atoms with E-state index in [1.165, 1.54) is 6.07 Å². The Labute approximate surface area is 83.6 Å². The van der Waals surface area contributed by atoms with Crippen LogP contribution in [0.25, 0.3) is 0 Å². The minimum atomic E-state index is -0.665. The summed E-state index contributed by atoms with van der Waals surface area (Å²) in [7, 11) is 0. The molecule has 0 saturated carbocycles. The average Bonchev–Trinajstić information content (AvgIpc) is 2.16. The Morgan fingerprint density at radius 3 is 2.64 bits per heavy atom. The fourth-order valence-corrected chi connectivity index (χ4v) is 1.52. The van der Waals surface area contributed by atoms with Crippen LogP contribution in [-0.2, 0) is 6.42 Å². The van der Waals surface area contributed by atoms with Crippen molar-refractivity contribution in [1.29, 1.82) is 0 Å². The molecule has 0 saturated heterocycles. The van der Waals surface area contributed by atoms with Gasteiger partial charge in [-0.1, -0.05) is 19.1 Å². The summed E-state index contributed by atoms with van der Waals surface area (Å²) >= 11 is 0. The van der Waals surface area contributed by atoms with Gasteiger partial charge in [0.2, 0.25) is 0 Å². The number of halogens is 1. The van der Waals surface area contributed by atoms with Gasteiger partial charge in [0.1, 0.15) is 5.82 Å². The highest BCUT2D eigenvalue weighted by Gasteiger charge is 2.16. The molecule has 0 radical (unpaired) electrons. The standard InChI is InChI=1S/C11H16FNO/c1-3-8-9(11(13)7(2)14)5-4-6-10(8)12/h4-7,11,14H,3,13H2,1-2H3. The van der Waals surface area contributed by atoms with Crippen molar-refractivity contribution in [2.24, 2.45) is 5.73 Å². The molecule has 2 unspecified atom stereocenters. The van der Waals surface area contributed by atoms with Crippen LogP contribution in [0.5, 0.6) is 0 Å². The van der Waals surface area contributed by atoms with Gasteiger partial charge < -0.3 is 10.8 Å². The van der Waals surface area contributed by atoms with E-state index in [1.54, 1.807) is 19.1 Å². The highest BCUT2D eigenvalue weighted by Crippen LogP contribution is 2.21. The van der Waals surface area contributed by atoms with Crippen molar-refractivity contribution >= 4 is 0 Å². The highest BCUT2D eigenvalue weighted by molar-refractivity contribution is 5.31. The van der Waals surface area contributed by atoms with E-state index in [0.29, 0.717) is 17.5 Å². The number of benzene rings is 1. The van der Waals surface area contributed by atoms with Crippen molar-refractivity contribution in [2.75, 3.05) is 0 Å². The van der Waals surface area contributed by atoms with Crippen LogP contribution in [0.4, 0.5) is 4.39 Å². The van der Waals surface area contributed by atoms with E-state index in [2.05, 4.69) is 0 Å². The van der Waals surface area contributed by atoms with Crippen LogP contribution in [0.1, 0.15) is 31.0 Å². The van der Waals surface area contributed by atoms with Crippen molar-refractivity contribution < 1.29 is 9.50 Å². The Morgan fingerprint density at radius 1 is 1.50 bits per heavy atom. The zero-order valence-corrected chi connectivity index (χ0v) is 8.50. The lowest BCUT2D eigenvalue weighted by atomic mass is 9.96. The molecule has 14 heavy (non-hydrogen) atoms. The summed E-state index contributed by atoms with van der Waals surface area (Å²) in [5.41, 5.74) is 7.06. The topological polar surface area (TPSA) is 46.2 Å². The average molecular weight is 197 g/mol. The second-order valence-electron chi connectivity index (χ2n) is 3.43. The molecule has 0 aliphatic carbocycles. The lowest BCUT2D eigenvalue weighted by Crippen LogP contribution is -2.24. The van der Waals surface area contributed by atoms with Crippen LogP contribution in [0.3, 0.4) is 0 Å². The van der Waals surface area contributed by atoms with Gasteiger partial charge in [-0.05, 0) is 30.5 Å². The number of hydrogen-bond acceptors (Lipinski definition) is 2. The minimum absolute atomic E-state index is 0.249. The zero-order valence-electron chi connectivity index (χ0n) is 8.50. The van der Waals surface area contributed by atoms with Crippen molar-refractivity contribution in [3.05, 3.63) is 35.1 Å². The molecule has 2 atom stereocenters. The minimum Gasteiger partial charge on any atom is -0.391 e. The highest BCUT2D eigenvalue weighted by atomic mass is 19.1. The summed E-state index contributed by atoms with van der Waals surface area (Å²) in [4.78, 5) is 0. The Hall–Kier alpha value is -0.930. The molecule has 0 aliphatic rings. The number of aliphatic hydroxyl groups is 1. The molecule has 1 rings (SSSR count). The van der Waals surface area contributed by atoms with E-state index < -0.39 is 12.1 Å². The van der Waals surface area contributed by atoms with Crippen molar-refractivity contribution in [1.82, 2.24) is 0 Å². The number of hydrogen-bond donors (Lipinski definition) is 2. The van der Waals surface area contributed by atoms with Gasteiger partial charge in [-0.2, -0.15) is 0 Å². The third kappa shape index (κ3) is 2.11. The Kier molecular flexibility index (Phi) is 3.61. The maximum absolute atomic E-state index is 13.3. The monoisotopic (exact) mass is 197 g/mol. The van der Waals surface area contributed by atoms with E-state index in [9.17, 15) is 9.50 Å². The molecule has 1 aromatic carbocycles. The lowest BCUT2D eigenvalue weighted by Gasteiger charge is -2.18. The van der Waals surface area contributed by atoms with Gasteiger partial charge in [0.15, 0.2) is 0 Å². The molecule has 0 fully saturated rings. The normalized spacial score (nSPS) is 15.2. The second-order valence-corrected chi connectivity index (χ2v) is 3.43. The summed E-state index contributed by atoms with van der Waals surface area (Å²) in [5, 5.41) is 9.34. The molecular formula is C11H16FNO. The predicted molar refractivity (Wildman–Crippen MR) is 54.4 cm³/mol. The molecule has 1 aromatic rings. The van der Waals surface area contributed by atoms with Crippen molar-refractivity contribution in [2.45, 2.75) is 32.4 Å². The summed E-state index contributed by atoms with van der Waals surface area (Å²) in [5.74, 6) is -0.249. The van der Waals surface area contributed by atoms with Gasteiger partial charge in [0, 0.05) is 0 Å². The van der Waals surface area contributed by atoms with Gasteiger partial charge in [0.05, 0.1) is 12.1 Å². The van der Waals surface area contributed by atoms with E-state index in [1.807, 2.05) is 6.92 Å². The quantitative estimate of drug-likeness (QED) is 0.775. The second kappa shape index (κ2) is 4.53. The summed E-state index contributed by atoms with van der Waals surface area (Å²) < 4.78 is 13.3. The molecule has 0 aromatic heterocycles. The molecule has 0 amide bonds. The molecule has 0 spiro atoms. The number of rotatable bonds is 3. The van der Waals surface area contributed by atoms with Gasteiger partial charge in [-0.25, -0.2) is 4.39 Å². The maximum Gasteiger partial charge on any atom is 0.126 e. The molecule has 0 aliphatic heterocycles. The van der Waals surface area contributed by atoms with E-state index in [-0.39, 0.29) is 5.82 Å². The number of aliphatic hydroxyl groups excluding tert-OH is 1. The van der Waals surface area contributed by atoms with Crippen LogP contribution >= 0.6 is 0 Å². The van der Waals surface area contributed by atoms with Crippen LogP contribution in [0, 0.1) is 5.82 Å². The van der Waals surface area contributed by atoms with E-state index in [4.69, 9.17) is 5.73 Å². The molecule has 78 valence electrons. The van der Waals surface area contributed by atoms with E-state index in [0.717, 1.165) is 0 Å². The van der Waals surface area contributed by atoms with E-state index >= 15 is 0 Å². The van der Waals surface area contributed by atoms with Crippen LogP contribution < -0.4 is 5.73 Å². The third-order valence-corrected chi connectivity index (χ3v) is 2.39. The first-order valence-corrected chi connectivity index (χ1v) is 4.78. The fourth-order valence-electron chi connectivity index (χ4n) is 1.52. The summed E-state index contributed by atoms with van der Waals surface area (Å²) in [6, 6.07) is 4.28. The maximum atomic E-state index is 13.3. The van der Waals surface area contributed by atoms with Gasteiger partial charge in [0.25, 0.3) is 0 Å². The first-order chi connectivity index (χ1) is 6.57. The molecule has 3 N–H and O–H groups in total. The van der Waals surface area contributed by atoms with Crippen LogP contribution in [0.15, 0.2) is 18.2 Å². The Balaban J connectivity index is 3.13. The predicted octanol–water partition coefficient (Wildman–Crippen LogP) is 1.77. The first kappa shape index (κ1) is 11.1.